The fourth-order valence-corrected chi connectivity index (χ4v) is 6.60. The van der Waals surface area contributed by atoms with Gasteiger partial charge in [0.15, 0.2) is 17.5 Å². The number of para-hydroxylation sites is 2. The van der Waals surface area contributed by atoms with Crippen molar-refractivity contribution in [2.75, 3.05) is 0 Å². The van der Waals surface area contributed by atoms with Crippen LogP contribution in [-0.4, -0.2) is 15.0 Å². The maximum atomic E-state index is 9.59. The van der Waals surface area contributed by atoms with Gasteiger partial charge in [0.2, 0.25) is 0 Å². The smallest absolute Gasteiger partial charge is 0.164 e. The van der Waals surface area contributed by atoms with Crippen LogP contribution in [0.1, 0.15) is 8.22 Å². The number of furan rings is 2. The first kappa shape index (κ1) is 22.7. The van der Waals surface area contributed by atoms with Gasteiger partial charge in [0.1, 0.15) is 22.3 Å². The fraction of sp³-hybridized carbons (Fsp3) is 0. The molecule has 3 heterocycles. The van der Waals surface area contributed by atoms with Gasteiger partial charge in [-0.25, -0.2) is 15.0 Å². The summed E-state index contributed by atoms with van der Waals surface area (Å²) < 4.78 is 66.4. The van der Waals surface area contributed by atoms with Crippen LogP contribution in [0, 0.1) is 0 Å². The molecule has 10 aromatic rings. The monoisotopic (exact) mass is 647 g/mol. The lowest BCUT2D eigenvalue weighted by molar-refractivity contribution is 0.669. The van der Waals surface area contributed by atoms with Crippen molar-refractivity contribution >= 4 is 43.9 Å². The van der Waals surface area contributed by atoms with Crippen LogP contribution in [0.15, 0.2) is 172 Å². The van der Waals surface area contributed by atoms with E-state index in [0.717, 1.165) is 21.9 Å². The highest BCUT2D eigenvalue weighted by atomic mass is 16.3. The number of rotatable bonds is 5. The Morgan fingerprint density at radius 3 is 1.82 bits per heavy atom. The second-order valence-electron chi connectivity index (χ2n) is 11.9. The molecule has 0 spiro atoms. The summed E-state index contributed by atoms with van der Waals surface area (Å²) in [6.07, 6.45) is 0. The average molecular weight is 648 g/mol. The molecule has 50 heavy (non-hydrogen) atoms. The van der Waals surface area contributed by atoms with E-state index in [-0.39, 0.29) is 68.9 Å². The lowest BCUT2D eigenvalue weighted by Crippen LogP contribution is -2.01. The van der Waals surface area contributed by atoms with E-state index in [1.54, 1.807) is 12.1 Å². The van der Waals surface area contributed by atoms with Crippen molar-refractivity contribution in [1.82, 2.24) is 15.0 Å². The van der Waals surface area contributed by atoms with E-state index in [2.05, 4.69) is 0 Å². The second kappa shape index (κ2) is 11.4. The van der Waals surface area contributed by atoms with E-state index < -0.39 is 12.1 Å². The molecule has 0 aliphatic heterocycles. The van der Waals surface area contributed by atoms with Gasteiger partial charge >= 0.3 is 0 Å². The van der Waals surface area contributed by atoms with Gasteiger partial charge in [0.25, 0.3) is 0 Å². The Kier molecular flexibility index (Phi) is 5.17. The van der Waals surface area contributed by atoms with Crippen molar-refractivity contribution in [2.24, 2.45) is 0 Å². The molecule has 10 rings (SSSR count). The highest BCUT2D eigenvalue weighted by molar-refractivity contribution is 6.16. The topological polar surface area (TPSA) is 65.0 Å². The van der Waals surface area contributed by atoms with Gasteiger partial charge in [0.05, 0.1) is 8.22 Å². The van der Waals surface area contributed by atoms with Gasteiger partial charge in [-0.15, -0.1) is 0 Å². The van der Waals surface area contributed by atoms with Crippen molar-refractivity contribution in [2.45, 2.75) is 0 Å². The van der Waals surface area contributed by atoms with Gasteiger partial charge in [-0.05, 0) is 47.0 Å². The zero-order chi connectivity index (χ0) is 38.2. The largest absolute Gasteiger partial charge is 0.456 e. The molecule has 3 aromatic heterocycles. The first-order valence-corrected chi connectivity index (χ1v) is 16.1. The molecule has 0 aliphatic carbocycles. The molecule has 0 aliphatic rings. The van der Waals surface area contributed by atoms with E-state index in [9.17, 15) is 2.74 Å². The molecule has 0 N–H and O–H groups in total. The fourth-order valence-electron chi connectivity index (χ4n) is 6.60. The molecule has 0 saturated heterocycles. The maximum Gasteiger partial charge on any atom is 0.164 e. The minimum Gasteiger partial charge on any atom is -0.456 e. The summed E-state index contributed by atoms with van der Waals surface area (Å²) in [6.45, 7) is 0. The summed E-state index contributed by atoms with van der Waals surface area (Å²) in [6, 6.07) is 38.2. The zero-order valence-electron chi connectivity index (χ0n) is 32.3. The number of fused-ring (bicyclic) bond motifs is 6. The van der Waals surface area contributed by atoms with Crippen molar-refractivity contribution in [3.8, 4) is 56.4 Å². The van der Waals surface area contributed by atoms with Crippen molar-refractivity contribution in [3.63, 3.8) is 0 Å². The predicted molar refractivity (Wildman–Crippen MR) is 202 cm³/mol. The van der Waals surface area contributed by atoms with Crippen molar-refractivity contribution in [1.29, 1.82) is 0 Å². The van der Waals surface area contributed by atoms with E-state index >= 15 is 0 Å². The number of benzene rings is 7. The van der Waals surface area contributed by atoms with E-state index in [4.69, 9.17) is 29.3 Å². The lowest BCUT2D eigenvalue weighted by atomic mass is 9.98. The first-order chi connectivity index (χ1) is 27.3. The molecule has 0 fully saturated rings. The van der Waals surface area contributed by atoms with Crippen LogP contribution < -0.4 is 0 Å². The van der Waals surface area contributed by atoms with E-state index in [0.29, 0.717) is 33.7 Å². The summed E-state index contributed by atoms with van der Waals surface area (Å²) in [7, 11) is 0. The Morgan fingerprint density at radius 2 is 1.00 bits per heavy atom. The zero-order valence-corrected chi connectivity index (χ0v) is 26.3. The normalized spacial score (nSPS) is 13.3. The Labute approximate surface area is 295 Å². The SMILES string of the molecule is [2H]c1c([2H])c([2H])c2c(oc3c(-c4ccccc4)c([2H])c([2H])c(-c4nc(-c5ccc(-c6ccccc6)cc5)nc(-c5cccc6oc7ccccc7c56)n4)c32)c1[2H]. The maximum absolute atomic E-state index is 9.59. The molecule has 0 saturated carbocycles. The van der Waals surface area contributed by atoms with Crippen LogP contribution in [0.4, 0.5) is 0 Å². The van der Waals surface area contributed by atoms with Crippen LogP contribution >= 0.6 is 0 Å². The van der Waals surface area contributed by atoms with Gasteiger partial charge in [-0.3, -0.25) is 0 Å². The minimum atomic E-state index is -0.453. The molecular formula is C45H27N3O2. The van der Waals surface area contributed by atoms with Gasteiger partial charge in [-0.1, -0.05) is 133 Å². The number of nitrogens with zero attached hydrogens (tertiary/aromatic N) is 3. The minimum absolute atomic E-state index is 0.0418. The highest BCUT2D eigenvalue weighted by Crippen LogP contribution is 2.42. The molecule has 0 radical (unpaired) electrons. The quantitative estimate of drug-likeness (QED) is 0.186. The summed E-state index contributed by atoms with van der Waals surface area (Å²) in [5.41, 5.74) is 5.72. The number of hydrogen-bond donors (Lipinski definition) is 0. The molecule has 0 amide bonds. The third-order valence-electron chi connectivity index (χ3n) is 8.94. The molecule has 0 unspecified atom stereocenters. The van der Waals surface area contributed by atoms with Gasteiger partial charge in [0, 0.05) is 43.8 Å². The van der Waals surface area contributed by atoms with Crippen molar-refractivity contribution in [3.05, 3.63) is 164 Å². The van der Waals surface area contributed by atoms with Crippen LogP contribution in [0.3, 0.4) is 0 Å². The van der Waals surface area contributed by atoms with Crippen LogP contribution in [0.2, 0.25) is 0 Å². The lowest BCUT2D eigenvalue weighted by Gasteiger charge is -2.11. The predicted octanol–water partition coefficient (Wildman–Crippen LogP) is 12.0. The molecule has 0 bridgehead atoms. The Morgan fingerprint density at radius 1 is 0.380 bits per heavy atom. The summed E-state index contributed by atoms with van der Waals surface area (Å²) >= 11 is 0. The number of hydrogen-bond acceptors (Lipinski definition) is 5. The first-order valence-electron chi connectivity index (χ1n) is 19.1. The summed E-state index contributed by atoms with van der Waals surface area (Å²) in [5, 5.41) is 1.95. The second-order valence-corrected chi connectivity index (χ2v) is 11.9. The molecule has 0 atom stereocenters. The van der Waals surface area contributed by atoms with E-state index in [1.807, 2.05) is 115 Å². The van der Waals surface area contributed by atoms with Crippen LogP contribution in [0.5, 0.6) is 0 Å². The Bertz CT molecular complexity index is 3200. The third kappa shape index (κ3) is 4.60. The molecule has 5 nitrogen and oxygen atoms in total. The molecule has 7 aromatic carbocycles. The third-order valence-corrected chi connectivity index (χ3v) is 8.94. The molecule has 5 heteroatoms. The summed E-state index contributed by atoms with van der Waals surface area (Å²) in [5.74, 6) is 0.630. The Balaban J connectivity index is 1.32. The highest BCUT2D eigenvalue weighted by Gasteiger charge is 2.22. The van der Waals surface area contributed by atoms with Crippen molar-refractivity contribution < 1.29 is 17.1 Å². The molecule has 234 valence electrons. The average Bonchev–Trinajstić information content (AvgIpc) is 3.82. The van der Waals surface area contributed by atoms with Gasteiger partial charge < -0.3 is 8.83 Å². The van der Waals surface area contributed by atoms with Gasteiger partial charge in [-0.2, -0.15) is 0 Å². The number of aromatic nitrogens is 3. The standard InChI is InChI=1S/C45H27N3O2/c1-3-12-28(13-4-1)29-22-24-31(25-23-29)43-46-44(35-18-11-21-39-40(35)33-16-7-9-19-37(33)49-39)48-45(47-43)36-27-26-32(30-14-5-2-6-15-30)42-41(36)34-17-8-10-20-38(34)50-42/h1-27H/i8D,10D,17D,20D,26D,27D. The van der Waals surface area contributed by atoms with Crippen LogP contribution in [-0.2, 0) is 0 Å². The van der Waals surface area contributed by atoms with Crippen LogP contribution in [0.25, 0.3) is 100 Å². The van der Waals surface area contributed by atoms with E-state index in [1.165, 1.54) is 0 Å². The molecular weight excluding hydrogens is 615 g/mol. The Hall–Kier alpha value is -6.85. The summed E-state index contributed by atoms with van der Waals surface area (Å²) in [4.78, 5) is 15.0.